The molecule has 1 saturated heterocycles. The Morgan fingerprint density at radius 2 is 2.19 bits per heavy atom. The molecule has 160 valence electrons. The van der Waals surface area contributed by atoms with Gasteiger partial charge in [0.15, 0.2) is 11.6 Å². The Kier molecular flexibility index (Phi) is 5.17. The number of halogens is 1. The Hall–Kier alpha value is -3.97. The number of pyridine rings is 1. The maximum Gasteiger partial charge on any atom is 0.229 e. The number of aryl methyl sites for hydroxylation is 1. The smallest absolute Gasteiger partial charge is 0.229 e. The van der Waals surface area contributed by atoms with Gasteiger partial charge in [-0.3, -0.25) is 5.10 Å². The minimum absolute atomic E-state index is 0.0996. The van der Waals surface area contributed by atoms with E-state index in [1.807, 2.05) is 24.0 Å². The summed E-state index contributed by atoms with van der Waals surface area (Å²) >= 11 is 6.29. The van der Waals surface area contributed by atoms with Gasteiger partial charge in [-0.1, -0.05) is 16.8 Å². The van der Waals surface area contributed by atoms with Crippen LogP contribution in [0.4, 0.5) is 17.6 Å². The molecule has 0 amide bonds. The first-order valence-corrected chi connectivity index (χ1v) is 10.4. The minimum Gasteiger partial charge on any atom is -0.359 e. The van der Waals surface area contributed by atoms with Crippen molar-refractivity contribution < 1.29 is 4.52 Å². The van der Waals surface area contributed by atoms with Crippen molar-refractivity contribution in [3.8, 4) is 17.3 Å². The third-order valence-corrected chi connectivity index (χ3v) is 5.39. The van der Waals surface area contributed by atoms with Crippen molar-refractivity contribution in [3.05, 3.63) is 58.8 Å². The van der Waals surface area contributed by atoms with Gasteiger partial charge in [-0.05, 0) is 31.9 Å². The van der Waals surface area contributed by atoms with E-state index in [0.717, 1.165) is 25.1 Å². The predicted molar refractivity (Wildman–Crippen MR) is 117 cm³/mol. The standard InChI is InChI=1S/C21H18ClN9O/c1-12-8-20(29-28-12)26-19-10-18(22)25-21(27-19)31-7-3-5-16(31)17-9-14(30-32-17)13-4-2-6-24-15(13)11-23/h2,4,6,8-10,16H,3,5,7H2,1H3,(H2,25,26,27,28,29). The van der Waals surface area contributed by atoms with Gasteiger partial charge in [0.1, 0.15) is 28.4 Å². The van der Waals surface area contributed by atoms with Crippen molar-refractivity contribution in [3.63, 3.8) is 0 Å². The predicted octanol–water partition coefficient (Wildman–Crippen LogP) is 4.17. The molecule has 0 saturated carbocycles. The highest BCUT2D eigenvalue weighted by atomic mass is 35.5. The molecular formula is C21H18ClN9O. The molecule has 1 atom stereocenters. The third-order valence-electron chi connectivity index (χ3n) is 5.20. The fraction of sp³-hybridized carbons (Fsp3) is 0.238. The van der Waals surface area contributed by atoms with Crippen LogP contribution in [0.1, 0.15) is 36.0 Å². The van der Waals surface area contributed by atoms with Crippen molar-refractivity contribution in [2.75, 3.05) is 16.8 Å². The second-order valence-corrected chi connectivity index (χ2v) is 7.80. The molecule has 11 heteroatoms. The summed E-state index contributed by atoms with van der Waals surface area (Å²) in [4.78, 5) is 15.2. The molecule has 1 aliphatic rings. The normalized spacial score (nSPS) is 15.7. The van der Waals surface area contributed by atoms with E-state index >= 15 is 0 Å². The third kappa shape index (κ3) is 3.86. The summed E-state index contributed by atoms with van der Waals surface area (Å²) in [6.45, 7) is 2.67. The molecule has 1 unspecified atom stereocenters. The number of rotatable bonds is 5. The molecule has 0 aromatic carbocycles. The van der Waals surface area contributed by atoms with Gasteiger partial charge in [-0.15, -0.1) is 0 Å². The molecule has 0 spiro atoms. The Bertz CT molecular complexity index is 1310. The van der Waals surface area contributed by atoms with Gasteiger partial charge in [-0.25, -0.2) is 9.97 Å². The molecule has 0 aliphatic carbocycles. The molecule has 2 N–H and O–H groups in total. The first-order valence-electron chi connectivity index (χ1n) is 10.0. The van der Waals surface area contributed by atoms with Crippen molar-refractivity contribution in [2.24, 2.45) is 0 Å². The number of H-pyrrole nitrogens is 1. The van der Waals surface area contributed by atoms with E-state index in [4.69, 9.17) is 16.1 Å². The van der Waals surface area contributed by atoms with Crippen LogP contribution in [0, 0.1) is 18.3 Å². The number of hydrogen-bond acceptors (Lipinski definition) is 9. The number of hydrogen-bond donors (Lipinski definition) is 2. The average molecular weight is 448 g/mol. The Morgan fingerprint density at radius 3 is 3.00 bits per heavy atom. The number of nitriles is 1. The quantitative estimate of drug-likeness (QED) is 0.432. The van der Waals surface area contributed by atoms with E-state index in [2.05, 4.69) is 41.7 Å². The molecule has 1 fully saturated rings. The maximum atomic E-state index is 9.33. The van der Waals surface area contributed by atoms with Crippen molar-refractivity contribution in [2.45, 2.75) is 25.8 Å². The number of nitrogens with one attached hydrogen (secondary N) is 2. The summed E-state index contributed by atoms with van der Waals surface area (Å²) in [5, 5.41) is 24.0. The van der Waals surface area contributed by atoms with Gasteiger partial charge >= 0.3 is 0 Å². The number of anilines is 3. The van der Waals surface area contributed by atoms with Crippen LogP contribution >= 0.6 is 11.6 Å². The van der Waals surface area contributed by atoms with Crippen LogP contribution in [0.15, 0.2) is 41.1 Å². The molecule has 5 heterocycles. The van der Waals surface area contributed by atoms with Gasteiger partial charge in [0.05, 0.1) is 6.04 Å². The second kappa shape index (κ2) is 8.28. The number of nitrogens with zero attached hydrogens (tertiary/aromatic N) is 7. The van der Waals surface area contributed by atoms with E-state index in [1.165, 1.54) is 0 Å². The van der Waals surface area contributed by atoms with Gasteiger partial charge in [-0.2, -0.15) is 15.3 Å². The molecule has 0 bridgehead atoms. The fourth-order valence-corrected chi connectivity index (χ4v) is 3.97. The summed E-state index contributed by atoms with van der Waals surface area (Å²) in [6, 6.07) is 10.9. The van der Waals surface area contributed by atoms with E-state index < -0.39 is 0 Å². The maximum absolute atomic E-state index is 9.33. The monoisotopic (exact) mass is 447 g/mol. The lowest BCUT2D eigenvalue weighted by Crippen LogP contribution is -2.24. The van der Waals surface area contributed by atoms with Crippen LogP contribution < -0.4 is 10.2 Å². The summed E-state index contributed by atoms with van der Waals surface area (Å²) in [7, 11) is 0. The molecule has 0 radical (unpaired) electrons. The van der Waals surface area contributed by atoms with Gasteiger partial charge in [0.2, 0.25) is 5.95 Å². The Morgan fingerprint density at radius 1 is 1.28 bits per heavy atom. The molecular weight excluding hydrogens is 430 g/mol. The van der Waals surface area contributed by atoms with Gasteiger partial charge in [0.25, 0.3) is 0 Å². The second-order valence-electron chi connectivity index (χ2n) is 7.41. The van der Waals surface area contributed by atoms with Crippen LogP contribution in [0.25, 0.3) is 11.3 Å². The van der Waals surface area contributed by atoms with Crippen LogP contribution in [0.3, 0.4) is 0 Å². The van der Waals surface area contributed by atoms with E-state index in [9.17, 15) is 5.26 Å². The molecule has 5 rings (SSSR count). The van der Waals surface area contributed by atoms with Crippen LogP contribution in [0.5, 0.6) is 0 Å². The highest BCUT2D eigenvalue weighted by molar-refractivity contribution is 6.29. The molecule has 10 nitrogen and oxygen atoms in total. The number of aromatic amines is 1. The summed E-state index contributed by atoms with van der Waals surface area (Å²) in [5.74, 6) is 2.35. The molecule has 4 aromatic rings. The SMILES string of the molecule is Cc1cc(Nc2cc(Cl)nc(N3CCCC3c3cc(-c4cccnc4C#N)no3)n2)n[nH]1. The van der Waals surface area contributed by atoms with Gasteiger partial charge < -0.3 is 14.7 Å². The zero-order valence-electron chi connectivity index (χ0n) is 17.1. The lowest BCUT2D eigenvalue weighted by molar-refractivity contribution is 0.362. The first kappa shape index (κ1) is 20.0. The van der Waals surface area contributed by atoms with Crippen LogP contribution in [0.2, 0.25) is 5.15 Å². The van der Waals surface area contributed by atoms with Crippen LogP contribution in [-0.2, 0) is 0 Å². The van der Waals surface area contributed by atoms with Gasteiger partial charge in [0, 0.05) is 42.2 Å². The lowest BCUT2D eigenvalue weighted by Gasteiger charge is -2.23. The molecule has 1 aliphatic heterocycles. The highest BCUT2D eigenvalue weighted by Crippen LogP contribution is 2.37. The van der Waals surface area contributed by atoms with Crippen molar-refractivity contribution in [1.29, 1.82) is 5.26 Å². The minimum atomic E-state index is -0.0996. The zero-order chi connectivity index (χ0) is 22.1. The van der Waals surface area contributed by atoms with E-state index in [0.29, 0.717) is 45.4 Å². The van der Waals surface area contributed by atoms with E-state index in [-0.39, 0.29) is 6.04 Å². The largest absolute Gasteiger partial charge is 0.359 e. The van der Waals surface area contributed by atoms with Crippen molar-refractivity contribution in [1.82, 2.24) is 30.3 Å². The summed E-state index contributed by atoms with van der Waals surface area (Å²) < 4.78 is 5.67. The van der Waals surface area contributed by atoms with Crippen molar-refractivity contribution >= 4 is 29.2 Å². The van der Waals surface area contributed by atoms with E-state index in [1.54, 1.807) is 24.4 Å². The highest BCUT2D eigenvalue weighted by Gasteiger charge is 2.32. The summed E-state index contributed by atoms with van der Waals surface area (Å²) in [5.41, 5.74) is 2.44. The fourth-order valence-electron chi connectivity index (χ4n) is 3.79. The number of aromatic nitrogens is 6. The Labute approximate surface area is 188 Å². The zero-order valence-corrected chi connectivity index (χ0v) is 17.8. The molecule has 32 heavy (non-hydrogen) atoms. The average Bonchev–Trinajstić information content (AvgIpc) is 3.54. The van der Waals surface area contributed by atoms with Crippen LogP contribution in [-0.4, -0.2) is 36.9 Å². The molecule has 4 aromatic heterocycles. The summed E-state index contributed by atoms with van der Waals surface area (Å²) in [6.07, 6.45) is 3.37. The Balaban J connectivity index is 1.43. The first-order chi connectivity index (χ1) is 15.6. The lowest BCUT2D eigenvalue weighted by atomic mass is 10.1. The topological polar surface area (TPSA) is 132 Å².